The molecule has 540 valence electrons. The van der Waals surface area contributed by atoms with Gasteiger partial charge in [0.1, 0.15) is 73.2 Å². The molecule has 0 amide bonds. The molecule has 15 heteroatoms. The van der Waals surface area contributed by atoms with Crippen LogP contribution in [0.15, 0.2) is 303 Å². The Hall–Kier alpha value is -8.40. The zero-order chi connectivity index (χ0) is 70.6. The number of benzene rings is 10. The lowest BCUT2D eigenvalue weighted by Crippen LogP contribution is -2.64. The summed E-state index contributed by atoms with van der Waals surface area (Å²) in [7, 11) is 0. The monoisotopic (exact) mass is 1400 g/mol. The van der Waals surface area contributed by atoms with E-state index < -0.39 is 91.9 Å². The summed E-state index contributed by atoms with van der Waals surface area (Å²) in [5, 5.41) is 0. The highest BCUT2D eigenvalue weighted by Gasteiger charge is 2.54. The molecule has 0 aliphatic carbocycles. The molecule has 104 heavy (non-hydrogen) atoms. The second kappa shape index (κ2) is 39.6. The molecular formula is C89H94O15. The lowest BCUT2D eigenvalue weighted by Gasteiger charge is -2.49. The molecule has 0 spiro atoms. The molecule has 6 unspecified atom stereocenters. The van der Waals surface area contributed by atoms with E-state index in [0.717, 1.165) is 55.6 Å². The smallest absolute Gasteiger partial charge is 0.187 e. The molecule has 10 aromatic rings. The molecule has 3 aliphatic heterocycles. The van der Waals surface area contributed by atoms with Crippen LogP contribution in [-0.4, -0.2) is 112 Å². The normalized spacial score (nSPS) is 24.8. The van der Waals surface area contributed by atoms with Crippen molar-refractivity contribution in [2.75, 3.05) is 19.8 Å². The summed E-state index contributed by atoms with van der Waals surface area (Å²) in [6.07, 6.45) is -12.2. The van der Waals surface area contributed by atoms with Gasteiger partial charge in [0.15, 0.2) is 12.6 Å². The molecule has 0 N–H and O–H groups in total. The summed E-state index contributed by atoms with van der Waals surface area (Å²) >= 11 is 0. The van der Waals surface area contributed by atoms with Crippen LogP contribution >= 0.6 is 0 Å². The minimum absolute atomic E-state index is 0.0403. The van der Waals surface area contributed by atoms with Crippen molar-refractivity contribution in [1.82, 2.24) is 0 Å². The van der Waals surface area contributed by atoms with Crippen molar-refractivity contribution in [3.05, 3.63) is 359 Å². The van der Waals surface area contributed by atoms with Crippen LogP contribution in [-0.2, 0) is 137 Å². The third-order valence-corrected chi connectivity index (χ3v) is 18.9. The highest BCUT2D eigenvalue weighted by atomic mass is 16.8. The Morgan fingerprint density at radius 2 is 0.385 bits per heavy atom. The fraction of sp³-hybridized carbons (Fsp3) is 0.326. The van der Waals surface area contributed by atoms with Gasteiger partial charge in [-0.05, 0) is 62.6 Å². The summed E-state index contributed by atoms with van der Waals surface area (Å²) < 4.78 is 108. The Kier molecular flexibility index (Phi) is 28.2. The largest absolute Gasteiger partial charge is 0.374 e. The van der Waals surface area contributed by atoms with Crippen LogP contribution in [0.3, 0.4) is 0 Å². The van der Waals surface area contributed by atoms with E-state index in [9.17, 15) is 0 Å². The van der Waals surface area contributed by atoms with Crippen LogP contribution in [0.1, 0.15) is 62.6 Å². The van der Waals surface area contributed by atoms with Crippen LogP contribution < -0.4 is 0 Å². The minimum Gasteiger partial charge on any atom is -0.374 e. The Morgan fingerprint density at radius 3 is 0.644 bits per heavy atom. The summed E-state index contributed by atoms with van der Waals surface area (Å²) in [5.74, 6) is 0. The van der Waals surface area contributed by atoms with Crippen molar-refractivity contribution in [2.45, 2.75) is 165 Å². The minimum atomic E-state index is -1.15. The quantitative estimate of drug-likeness (QED) is 0.0365. The molecule has 15 nitrogen and oxygen atoms in total. The molecule has 0 aromatic heterocycles. The van der Waals surface area contributed by atoms with E-state index in [0.29, 0.717) is 19.8 Å². The number of hydrogen-bond acceptors (Lipinski definition) is 15. The predicted molar refractivity (Wildman–Crippen MR) is 395 cm³/mol. The SMILES string of the molecule is C[C@@H]1OC(CO[C@@H]2OC(CO[C@@H]3OC(COCc4ccccc4)[C@H](OCc4ccccc4)C(OCc4ccccc4)[C@H]3OCc3ccccc3)[C@H](OCc3ccccc3)C(OCc3ccccc3)[C@H]2OCc2ccccc2)[C@H](OCc2ccccc2)C(OCc2ccccc2)[C@H]1OCc1ccccc1. The number of rotatable bonds is 37. The predicted octanol–water partition coefficient (Wildman–Crippen LogP) is 15.7. The van der Waals surface area contributed by atoms with Gasteiger partial charge in [-0.1, -0.05) is 303 Å². The summed E-state index contributed by atoms with van der Waals surface area (Å²) in [5.41, 5.74) is 9.73. The first kappa shape index (κ1) is 73.9. The van der Waals surface area contributed by atoms with Gasteiger partial charge in [0, 0.05) is 0 Å². The zero-order valence-corrected chi connectivity index (χ0v) is 58.8. The van der Waals surface area contributed by atoms with Crippen LogP contribution in [0.4, 0.5) is 0 Å². The Morgan fingerprint density at radius 1 is 0.192 bits per heavy atom. The second-order valence-corrected chi connectivity index (χ2v) is 26.5. The van der Waals surface area contributed by atoms with Crippen LogP contribution in [0.25, 0.3) is 0 Å². The molecule has 10 aromatic carbocycles. The highest BCUT2D eigenvalue weighted by Crippen LogP contribution is 2.37. The third-order valence-electron chi connectivity index (χ3n) is 18.9. The molecular weight excluding hydrogens is 1310 g/mol. The van der Waals surface area contributed by atoms with E-state index in [4.69, 9.17) is 71.1 Å². The van der Waals surface area contributed by atoms with Gasteiger partial charge in [-0.25, -0.2) is 0 Å². The third kappa shape index (κ3) is 21.6. The van der Waals surface area contributed by atoms with Crippen LogP contribution in [0, 0.1) is 0 Å². The van der Waals surface area contributed by atoms with Crippen molar-refractivity contribution in [2.24, 2.45) is 0 Å². The lowest BCUT2D eigenvalue weighted by atomic mass is 9.94. The van der Waals surface area contributed by atoms with E-state index in [1.165, 1.54) is 0 Å². The topological polar surface area (TPSA) is 138 Å². The second-order valence-electron chi connectivity index (χ2n) is 26.5. The molecule has 3 fully saturated rings. The van der Waals surface area contributed by atoms with Gasteiger partial charge in [0.25, 0.3) is 0 Å². The standard InChI is InChI=1S/C89H94O15/c1-65-79(91-53-67-34-14-3-15-35-67)83(95-57-71-42-22-7-23-43-71)81(93-55-69-38-18-5-19-39-69)77(102-65)63-100-89-87(99-61-75-50-30-11-31-51-75)85(97-59-73-46-26-9-27-47-73)82(94-56-70-40-20-6-21-41-70)78(104-89)64-101-88-86(98-60-74-48-28-10-29-49-74)84(96-58-72-44-24-8-25-45-72)80(92-54-68-36-16-4-17-37-68)76(103-88)62-90-52-66-32-12-2-13-33-66/h2-51,65,76-89H,52-64H2,1H3/t65-,76?,77?,78?,79-,80-,81-,82-,83?,84?,85?,86+,87+,88+,89+/m0/s1. The van der Waals surface area contributed by atoms with E-state index in [1.807, 2.05) is 286 Å². The molecule has 3 aliphatic rings. The van der Waals surface area contributed by atoms with Crippen molar-refractivity contribution in [3.8, 4) is 0 Å². The van der Waals surface area contributed by atoms with Crippen LogP contribution in [0.5, 0.6) is 0 Å². The van der Waals surface area contributed by atoms with E-state index in [-0.39, 0.29) is 66.1 Å². The fourth-order valence-corrected chi connectivity index (χ4v) is 13.4. The first-order valence-electron chi connectivity index (χ1n) is 36.2. The molecule has 3 heterocycles. The van der Waals surface area contributed by atoms with Gasteiger partial charge >= 0.3 is 0 Å². The summed E-state index contributed by atoms with van der Waals surface area (Å²) in [6.45, 7) is 4.45. The Bertz CT molecular complexity index is 3960. The van der Waals surface area contributed by atoms with E-state index >= 15 is 0 Å². The van der Waals surface area contributed by atoms with Gasteiger partial charge < -0.3 is 71.1 Å². The van der Waals surface area contributed by atoms with Gasteiger partial charge in [-0.15, -0.1) is 0 Å². The maximum Gasteiger partial charge on any atom is 0.187 e. The summed E-state index contributed by atoms with van der Waals surface area (Å²) in [4.78, 5) is 0. The molecule has 0 saturated carbocycles. The molecule has 0 radical (unpaired) electrons. The Balaban J connectivity index is 0.872. The maximum atomic E-state index is 7.52. The number of hydrogen-bond donors (Lipinski definition) is 0. The first-order chi connectivity index (χ1) is 51.5. The van der Waals surface area contributed by atoms with Gasteiger partial charge in [0.05, 0.1) is 92.0 Å². The van der Waals surface area contributed by atoms with E-state index in [1.54, 1.807) is 0 Å². The Labute approximate surface area is 611 Å². The average Bonchev–Trinajstić information content (AvgIpc) is 0.789. The van der Waals surface area contributed by atoms with Gasteiger partial charge in [0.2, 0.25) is 0 Å². The summed E-state index contributed by atoms with van der Waals surface area (Å²) in [6, 6.07) is 101. The number of ether oxygens (including phenoxy) is 15. The van der Waals surface area contributed by atoms with Gasteiger partial charge in [-0.3, -0.25) is 0 Å². The zero-order valence-electron chi connectivity index (χ0n) is 58.8. The molecule has 13 rings (SSSR count). The van der Waals surface area contributed by atoms with Crippen molar-refractivity contribution >= 4 is 0 Å². The highest BCUT2D eigenvalue weighted by molar-refractivity contribution is 5.22. The van der Waals surface area contributed by atoms with Gasteiger partial charge in [-0.2, -0.15) is 0 Å². The molecule has 3 saturated heterocycles. The molecule has 0 bridgehead atoms. The van der Waals surface area contributed by atoms with E-state index in [2.05, 4.69) is 24.3 Å². The van der Waals surface area contributed by atoms with Crippen LogP contribution in [0.2, 0.25) is 0 Å². The van der Waals surface area contributed by atoms with Crippen molar-refractivity contribution < 1.29 is 71.1 Å². The van der Waals surface area contributed by atoms with Crippen molar-refractivity contribution in [1.29, 1.82) is 0 Å². The fourth-order valence-electron chi connectivity index (χ4n) is 13.4. The van der Waals surface area contributed by atoms with Crippen molar-refractivity contribution in [3.63, 3.8) is 0 Å². The first-order valence-corrected chi connectivity index (χ1v) is 36.2. The maximum absolute atomic E-state index is 7.52. The molecule has 15 atom stereocenters. The average molecular weight is 1400 g/mol. The lowest BCUT2D eigenvalue weighted by molar-refractivity contribution is -0.357.